The SMILES string of the molecule is O=C(Nc1ccc(Cl)cc1)c1ccnc(Nc2ccc(Cl)c(Cl)c2)n1. The number of nitrogens with one attached hydrogen (secondary N) is 2. The van der Waals surface area contributed by atoms with E-state index in [2.05, 4.69) is 20.6 Å². The molecule has 2 N–H and O–H groups in total. The molecule has 2 aromatic carbocycles. The molecule has 3 aromatic rings. The van der Waals surface area contributed by atoms with Crippen molar-refractivity contribution >= 4 is 58.0 Å². The molecule has 1 heterocycles. The minimum Gasteiger partial charge on any atom is -0.324 e. The average Bonchev–Trinajstić information content (AvgIpc) is 2.60. The number of aromatic nitrogens is 2. The second-order valence-electron chi connectivity index (χ2n) is 4.98. The number of benzene rings is 2. The summed E-state index contributed by atoms with van der Waals surface area (Å²) >= 11 is 17.7. The smallest absolute Gasteiger partial charge is 0.274 e. The molecule has 0 aliphatic rings. The quantitative estimate of drug-likeness (QED) is 0.620. The van der Waals surface area contributed by atoms with E-state index in [-0.39, 0.29) is 17.5 Å². The molecule has 0 spiro atoms. The van der Waals surface area contributed by atoms with Gasteiger partial charge in [-0.2, -0.15) is 0 Å². The summed E-state index contributed by atoms with van der Waals surface area (Å²) < 4.78 is 0. The van der Waals surface area contributed by atoms with Gasteiger partial charge in [-0.15, -0.1) is 0 Å². The zero-order valence-corrected chi connectivity index (χ0v) is 14.9. The number of amides is 1. The lowest BCUT2D eigenvalue weighted by Gasteiger charge is -2.08. The molecule has 25 heavy (non-hydrogen) atoms. The number of anilines is 3. The fourth-order valence-electron chi connectivity index (χ4n) is 1.98. The van der Waals surface area contributed by atoms with E-state index in [1.807, 2.05) is 0 Å². The Balaban J connectivity index is 1.75. The molecule has 0 aliphatic carbocycles. The van der Waals surface area contributed by atoms with Crippen LogP contribution in [0.3, 0.4) is 0 Å². The van der Waals surface area contributed by atoms with Crippen LogP contribution >= 0.6 is 34.8 Å². The van der Waals surface area contributed by atoms with E-state index < -0.39 is 0 Å². The van der Waals surface area contributed by atoms with E-state index in [9.17, 15) is 4.79 Å². The van der Waals surface area contributed by atoms with Crippen molar-refractivity contribution in [2.45, 2.75) is 0 Å². The van der Waals surface area contributed by atoms with E-state index in [0.717, 1.165) is 0 Å². The molecule has 1 aromatic heterocycles. The summed E-state index contributed by atoms with van der Waals surface area (Å²) in [5.74, 6) is -0.0935. The summed E-state index contributed by atoms with van der Waals surface area (Å²) in [5, 5.41) is 7.16. The third kappa shape index (κ3) is 4.60. The third-order valence-electron chi connectivity index (χ3n) is 3.17. The lowest BCUT2D eigenvalue weighted by Crippen LogP contribution is -2.14. The molecule has 8 heteroatoms. The fraction of sp³-hybridized carbons (Fsp3) is 0. The van der Waals surface area contributed by atoms with Gasteiger partial charge in [0, 0.05) is 22.6 Å². The van der Waals surface area contributed by atoms with Gasteiger partial charge in [0.15, 0.2) is 0 Å². The number of hydrogen-bond acceptors (Lipinski definition) is 4. The standard InChI is InChI=1S/C17H11Cl3N4O/c18-10-1-3-11(4-2-10)22-16(25)15-7-8-21-17(24-15)23-12-5-6-13(19)14(20)9-12/h1-9H,(H,22,25)(H,21,23,24). The summed E-state index contributed by atoms with van der Waals surface area (Å²) in [6.45, 7) is 0. The van der Waals surface area contributed by atoms with Crippen molar-refractivity contribution in [3.05, 3.63) is 75.5 Å². The fourth-order valence-corrected chi connectivity index (χ4v) is 2.40. The molecule has 0 fully saturated rings. The zero-order valence-electron chi connectivity index (χ0n) is 12.6. The maximum Gasteiger partial charge on any atom is 0.274 e. The van der Waals surface area contributed by atoms with Crippen molar-refractivity contribution in [3.63, 3.8) is 0 Å². The molecule has 5 nitrogen and oxygen atoms in total. The highest BCUT2D eigenvalue weighted by Crippen LogP contribution is 2.26. The minimum atomic E-state index is -0.359. The predicted molar refractivity (Wildman–Crippen MR) is 101 cm³/mol. The highest BCUT2D eigenvalue weighted by atomic mass is 35.5. The van der Waals surface area contributed by atoms with Crippen LogP contribution in [-0.4, -0.2) is 15.9 Å². The maximum absolute atomic E-state index is 12.3. The molecule has 0 aliphatic heterocycles. The summed E-state index contributed by atoms with van der Waals surface area (Å²) in [5.41, 5.74) is 1.49. The van der Waals surface area contributed by atoms with Crippen molar-refractivity contribution in [3.8, 4) is 0 Å². The number of rotatable bonds is 4. The average molecular weight is 394 g/mol. The van der Waals surface area contributed by atoms with E-state index in [1.54, 1.807) is 42.5 Å². The summed E-state index contributed by atoms with van der Waals surface area (Å²) in [6.07, 6.45) is 1.49. The largest absolute Gasteiger partial charge is 0.324 e. The van der Waals surface area contributed by atoms with Crippen LogP contribution in [0.25, 0.3) is 0 Å². The Morgan fingerprint density at radius 3 is 2.32 bits per heavy atom. The van der Waals surface area contributed by atoms with Crippen LogP contribution in [0.1, 0.15) is 10.5 Å². The normalized spacial score (nSPS) is 10.4. The van der Waals surface area contributed by atoms with Gasteiger partial charge in [-0.05, 0) is 48.5 Å². The van der Waals surface area contributed by atoms with Crippen molar-refractivity contribution in [1.82, 2.24) is 9.97 Å². The molecule has 0 saturated carbocycles. The Labute approximate surface area is 159 Å². The second-order valence-corrected chi connectivity index (χ2v) is 6.23. The highest BCUT2D eigenvalue weighted by Gasteiger charge is 2.10. The van der Waals surface area contributed by atoms with Gasteiger partial charge in [0.25, 0.3) is 5.91 Å². The molecule has 3 rings (SSSR count). The molecule has 0 radical (unpaired) electrons. The van der Waals surface area contributed by atoms with E-state index in [1.165, 1.54) is 12.3 Å². The van der Waals surface area contributed by atoms with Crippen molar-refractivity contribution in [2.75, 3.05) is 10.6 Å². The molecule has 0 bridgehead atoms. The Morgan fingerprint density at radius 1 is 0.880 bits per heavy atom. The number of nitrogens with zero attached hydrogens (tertiary/aromatic N) is 2. The first-order chi connectivity index (χ1) is 12.0. The minimum absolute atomic E-state index is 0.215. The van der Waals surface area contributed by atoms with Crippen molar-refractivity contribution in [1.29, 1.82) is 0 Å². The van der Waals surface area contributed by atoms with Gasteiger partial charge in [-0.1, -0.05) is 34.8 Å². The third-order valence-corrected chi connectivity index (χ3v) is 4.16. The van der Waals surface area contributed by atoms with Crippen LogP contribution in [0.15, 0.2) is 54.7 Å². The molecule has 0 unspecified atom stereocenters. The van der Waals surface area contributed by atoms with Gasteiger partial charge in [0.1, 0.15) is 5.69 Å². The molecule has 0 atom stereocenters. The van der Waals surface area contributed by atoms with Gasteiger partial charge in [0.05, 0.1) is 10.0 Å². The van der Waals surface area contributed by atoms with Crippen molar-refractivity contribution < 1.29 is 4.79 Å². The zero-order chi connectivity index (χ0) is 17.8. The Hall–Kier alpha value is -2.34. The van der Waals surface area contributed by atoms with Crippen molar-refractivity contribution in [2.24, 2.45) is 0 Å². The first-order valence-electron chi connectivity index (χ1n) is 7.13. The van der Waals surface area contributed by atoms with Gasteiger partial charge >= 0.3 is 0 Å². The summed E-state index contributed by atoms with van der Waals surface area (Å²) in [4.78, 5) is 20.6. The van der Waals surface area contributed by atoms with Crippen LogP contribution in [0.5, 0.6) is 0 Å². The van der Waals surface area contributed by atoms with E-state index in [0.29, 0.717) is 26.4 Å². The van der Waals surface area contributed by atoms with E-state index >= 15 is 0 Å². The van der Waals surface area contributed by atoms with Gasteiger partial charge in [0.2, 0.25) is 5.95 Å². The summed E-state index contributed by atoms with van der Waals surface area (Å²) in [6, 6.07) is 13.3. The Bertz CT molecular complexity index is 916. The molecule has 0 saturated heterocycles. The lowest BCUT2D eigenvalue weighted by atomic mass is 10.3. The number of carbonyl (C=O) groups is 1. The van der Waals surface area contributed by atoms with E-state index in [4.69, 9.17) is 34.8 Å². The van der Waals surface area contributed by atoms with Crippen LogP contribution < -0.4 is 10.6 Å². The van der Waals surface area contributed by atoms with Crippen LogP contribution in [0.4, 0.5) is 17.3 Å². The van der Waals surface area contributed by atoms with Crippen LogP contribution in [-0.2, 0) is 0 Å². The lowest BCUT2D eigenvalue weighted by molar-refractivity contribution is 0.102. The van der Waals surface area contributed by atoms with Gasteiger partial charge in [-0.25, -0.2) is 9.97 Å². The number of carbonyl (C=O) groups excluding carboxylic acids is 1. The van der Waals surface area contributed by atoms with Gasteiger partial charge < -0.3 is 10.6 Å². The highest BCUT2D eigenvalue weighted by molar-refractivity contribution is 6.42. The number of halogens is 3. The predicted octanol–water partition coefficient (Wildman–Crippen LogP) is 5.43. The Morgan fingerprint density at radius 2 is 1.60 bits per heavy atom. The monoisotopic (exact) mass is 392 g/mol. The second kappa shape index (κ2) is 7.70. The summed E-state index contributed by atoms with van der Waals surface area (Å²) in [7, 11) is 0. The number of hydrogen-bond donors (Lipinski definition) is 2. The topological polar surface area (TPSA) is 66.9 Å². The molecular weight excluding hydrogens is 383 g/mol. The van der Waals surface area contributed by atoms with Gasteiger partial charge in [-0.3, -0.25) is 4.79 Å². The molecular formula is C17H11Cl3N4O. The first-order valence-corrected chi connectivity index (χ1v) is 8.27. The first kappa shape index (κ1) is 17.5. The molecule has 1 amide bonds. The van der Waals surface area contributed by atoms with Crippen LogP contribution in [0.2, 0.25) is 15.1 Å². The Kier molecular flexibility index (Phi) is 5.38. The maximum atomic E-state index is 12.3. The van der Waals surface area contributed by atoms with Crippen LogP contribution in [0, 0.1) is 0 Å². The molecule has 126 valence electrons.